The van der Waals surface area contributed by atoms with Crippen LogP contribution in [0.15, 0.2) is 12.7 Å². The zero-order valence-corrected chi connectivity index (χ0v) is 10.1. The Labute approximate surface area is 89.8 Å². The highest BCUT2D eigenvalue weighted by Crippen LogP contribution is 2.10. The lowest BCUT2D eigenvalue weighted by Gasteiger charge is -2.20. The SMILES string of the molecule is C=CCS(=O)(=O)NC(C)C(CO)SC. The average molecular weight is 239 g/mol. The van der Waals surface area contributed by atoms with Gasteiger partial charge in [-0.05, 0) is 13.2 Å². The molecule has 2 unspecified atom stereocenters. The van der Waals surface area contributed by atoms with Crippen LogP contribution < -0.4 is 4.72 Å². The minimum absolute atomic E-state index is 0.0427. The third-order valence-electron chi connectivity index (χ3n) is 1.74. The first-order valence-corrected chi connectivity index (χ1v) is 7.15. The molecule has 0 heterocycles. The molecule has 6 heteroatoms. The molecule has 0 bridgehead atoms. The number of rotatable bonds is 7. The van der Waals surface area contributed by atoms with Gasteiger partial charge in [-0.25, -0.2) is 13.1 Å². The van der Waals surface area contributed by atoms with Crippen LogP contribution in [-0.4, -0.2) is 43.4 Å². The van der Waals surface area contributed by atoms with Gasteiger partial charge in [-0.2, -0.15) is 11.8 Å². The Kier molecular flexibility index (Phi) is 6.43. The summed E-state index contributed by atoms with van der Waals surface area (Å²) in [6, 6.07) is -0.278. The van der Waals surface area contributed by atoms with Crippen molar-refractivity contribution in [3.05, 3.63) is 12.7 Å². The smallest absolute Gasteiger partial charge is 0.215 e. The highest BCUT2D eigenvalue weighted by molar-refractivity contribution is 7.99. The van der Waals surface area contributed by atoms with Gasteiger partial charge in [0.1, 0.15) is 0 Å². The van der Waals surface area contributed by atoms with E-state index in [1.54, 1.807) is 6.92 Å². The summed E-state index contributed by atoms with van der Waals surface area (Å²) in [4.78, 5) is 0. The van der Waals surface area contributed by atoms with Crippen molar-refractivity contribution in [3.8, 4) is 0 Å². The van der Waals surface area contributed by atoms with Gasteiger partial charge in [-0.3, -0.25) is 0 Å². The molecular weight excluding hydrogens is 222 g/mol. The van der Waals surface area contributed by atoms with E-state index >= 15 is 0 Å². The van der Waals surface area contributed by atoms with Crippen LogP contribution in [0.1, 0.15) is 6.92 Å². The number of nitrogens with one attached hydrogen (secondary N) is 1. The van der Waals surface area contributed by atoms with E-state index in [4.69, 9.17) is 5.11 Å². The third kappa shape index (κ3) is 4.99. The summed E-state index contributed by atoms with van der Waals surface area (Å²) in [6.07, 6.45) is 3.17. The summed E-state index contributed by atoms with van der Waals surface area (Å²) in [7, 11) is -3.29. The lowest BCUT2D eigenvalue weighted by Crippen LogP contribution is -2.41. The van der Waals surface area contributed by atoms with Crippen molar-refractivity contribution in [3.63, 3.8) is 0 Å². The van der Waals surface area contributed by atoms with Gasteiger partial charge in [-0.15, -0.1) is 6.58 Å². The summed E-state index contributed by atoms with van der Waals surface area (Å²) in [5, 5.41) is 8.83. The van der Waals surface area contributed by atoms with Crippen molar-refractivity contribution in [2.24, 2.45) is 0 Å². The number of hydrogen-bond donors (Lipinski definition) is 2. The molecule has 0 aromatic heterocycles. The molecule has 2 N–H and O–H groups in total. The number of aliphatic hydroxyl groups excluding tert-OH is 1. The normalized spacial score (nSPS) is 16.2. The van der Waals surface area contributed by atoms with Gasteiger partial charge in [-0.1, -0.05) is 6.08 Å². The van der Waals surface area contributed by atoms with E-state index in [2.05, 4.69) is 11.3 Å². The lowest BCUT2D eigenvalue weighted by atomic mass is 10.3. The summed E-state index contributed by atoms with van der Waals surface area (Å²) >= 11 is 1.43. The summed E-state index contributed by atoms with van der Waals surface area (Å²) in [5.41, 5.74) is 0. The van der Waals surface area contributed by atoms with Crippen LogP contribution in [0.3, 0.4) is 0 Å². The van der Waals surface area contributed by atoms with Gasteiger partial charge >= 0.3 is 0 Å². The molecule has 0 saturated carbocycles. The Bertz CT molecular complexity index is 260. The third-order valence-corrected chi connectivity index (χ3v) is 4.31. The molecule has 0 amide bonds. The molecule has 0 rings (SSSR count). The Hall–Kier alpha value is -0.0400. The molecule has 0 aliphatic rings. The molecule has 14 heavy (non-hydrogen) atoms. The van der Waals surface area contributed by atoms with Gasteiger partial charge in [0.15, 0.2) is 0 Å². The number of thioether (sulfide) groups is 1. The van der Waals surface area contributed by atoms with Crippen LogP contribution in [0.4, 0.5) is 0 Å². The predicted octanol–water partition coefficient (Wildman–Crippen LogP) is 0.204. The Morgan fingerprint density at radius 3 is 2.57 bits per heavy atom. The maximum atomic E-state index is 11.3. The summed E-state index contributed by atoms with van der Waals surface area (Å²) in [5.74, 6) is -0.0934. The molecule has 2 atom stereocenters. The highest BCUT2D eigenvalue weighted by Gasteiger charge is 2.20. The molecule has 4 nitrogen and oxygen atoms in total. The van der Waals surface area contributed by atoms with Crippen LogP contribution >= 0.6 is 11.8 Å². The molecule has 0 fully saturated rings. The maximum absolute atomic E-state index is 11.3. The van der Waals surface area contributed by atoms with Crippen LogP contribution in [0.5, 0.6) is 0 Å². The monoisotopic (exact) mass is 239 g/mol. The highest BCUT2D eigenvalue weighted by atomic mass is 32.2. The van der Waals surface area contributed by atoms with Crippen LogP contribution in [0.25, 0.3) is 0 Å². The van der Waals surface area contributed by atoms with E-state index in [1.807, 2.05) is 6.26 Å². The molecule has 0 spiro atoms. The quantitative estimate of drug-likeness (QED) is 0.623. The van der Waals surface area contributed by atoms with Crippen molar-refractivity contribution in [1.29, 1.82) is 0 Å². The molecule has 0 aromatic rings. The van der Waals surface area contributed by atoms with E-state index in [0.29, 0.717) is 0 Å². The van der Waals surface area contributed by atoms with Crippen molar-refractivity contribution in [2.45, 2.75) is 18.2 Å². The zero-order chi connectivity index (χ0) is 11.2. The van der Waals surface area contributed by atoms with Crippen LogP contribution in [-0.2, 0) is 10.0 Å². The van der Waals surface area contributed by atoms with Gasteiger partial charge < -0.3 is 5.11 Å². The maximum Gasteiger partial charge on any atom is 0.215 e. The van der Waals surface area contributed by atoms with E-state index in [0.717, 1.165) is 0 Å². The minimum atomic E-state index is -3.29. The molecule has 0 aromatic carbocycles. The topological polar surface area (TPSA) is 66.4 Å². The molecular formula is C8H17NO3S2. The molecule has 0 radical (unpaired) electrons. The molecule has 0 aliphatic heterocycles. The van der Waals surface area contributed by atoms with Crippen molar-refractivity contribution in [2.75, 3.05) is 18.6 Å². The van der Waals surface area contributed by atoms with Crippen molar-refractivity contribution < 1.29 is 13.5 Å². The van der Waals surface area contributed by atoms with Gasteiger partial charge in [0.25, 0.3) is 0 Å². The second kappa shape index (κ2) is 6.44. The van der Waals surface area contributed by atoms with Crippen LogP contribution in [0, 0.1) is 0 Å². The Balaban J connectivity index is 4.29. The number of hydrogen-bond acceptors (Lipinski definition) is 4. The molecule has 84 valence electrons. The van der Waals surface area contributed by atoms with E-state index < -0.39 is 10.0 Å². The molecule has 0 saturated heterocycles. The fourth-order valence-corrected chi connectivity index (χ4v) is 2.85. The average Bonchev–Trinajstić information content (AvgIpc) is 2.04. The second-order valence-electron chi connectivity index (χ2n) is 2.93. The van der Waals surface area contributed by atoms with E-state index in [9.17, 15) is 8.42 Å². The van der Waals surface area contributed by atoms with Crippen molar-refractivity contribution in [1.82, 2.24) is 4.72 Å². The number of sulfonamides is 1. The largest absolute Gasteiger partial charge is 0.395 e. The van der Waals surface area contributed by atoms with Gasteiger partial charge in [0.2, 0.25) is 10.0 Å². The van der Waals surface area contributed by atoms with Crippen molar-refractivity contribution >= 4 is 21.8 Å². The first-order chi connectivity index (χ1) is 6.46. The first-order valence-electron chi connectivity index (χ1n) is 4.21. The van der Waals surface area contributed by atoms with Gasteiger partial charge in [0, 0.05) is 11.3 Å². The van der Waals surface area contributed by atoms with Crippen LogP contribution in [0.2, 0.25) is 0 Å². The first kappa shape index (κ1) is 14.0. The van der Waals surface area contributed by atoms with Gasteiger partial charge in [0.05, 0.1) is 12.4 Å². The summed E-state index contributed by atoms with van der Waals surface area (Å²) < 4.78 is 25.1. The van der Waals surface area contributed by atoms with E-state index in [1.165, 1.54) is 17.8 Å². The fraction of sp³-hybridized carbons (Fsp3) is 0.750. The second-order valence-corrected chi connectivity index (χ2v) is 5.81. The Morgan fingerprint density at radius 2 is 2.21 bits per heavy atom. The predicted molar refractivity (Wildman–Crippen MR) is 61.0 cm³/mol. The standard InChI is InChI=1S/C8H17NO3S2/c1-4-5-14(11,12)9-7(2)8(6-10)13-3/h4,7-10H,1,5-6H2,2-3H3. The van der Waals surface area contributed by atoms with E-state index in [-0.39, 0.29) is 23.7 Å². The lowest BCUT2D eigenvalue weighted by molar-refractivity contribution is 0.282. The minimum Gasteiger partial charge on any atom is -0.395 e. The fourth-order valence-electron chi connectivity index (χ4n) is 0.999. The molecule has 0 aliphatic carbocycles. The summed E-state index contributed by atoms with van der Waals surface area (Å²) in [6.45, 7) is 5.06. The Morgan fingerprint density at radius 1 is 1.64 bits per heavy atom. The number of aliphatic hydroxyl groups is 1. The zero-order valence-electron chi connectivity index (χ0n) is 8.43.